The molecule has 0 unspecified atom stereocenters. The van der Waals surface area contributed by atoms with Gasteiger partial charge in [-0.05, 0) is 55.2 Å². The first-order valence-electron chi connectivity index (χ1n) is 9.12. The molecule has 0 aliphatic rings. The maximum atomic E-state index is 12.4. The number of aliphatic hydroxyl groups is 1. The molecule has 1 amide bonds. The summed E-state index contributed by atoms with van der Waals surface area (Å²) in [5.74, 6) is 0.440. The molecule has 6 heteroatoms. The minimum absolute atomic E-state index is 0.0895. The van der Waals surface area contributed by atoms with E-state index in [9.17, 15) is 9.59 Å². The molecule has 0 atom stereocenters. The second-order valence-electron chi connectivity index (χ2n) is 6.57. The molecule has 146 valence electrons. The fraction of sp³-hybridized carbons (Fsp3) is 0.273. The first kappa shape index (κ1) is 19.6. The molecule has 0 fully saturated rings. The van der Waals surface area contributed by atoms with Gasteiger partial charge in [-0.25, -0.2) is 4.79 Å². The van der Waals surface area contributed by atoms with Crippen molar-refractivity contribution in [2.75, 3.05) is 19.0 Å². The zero-order valence-electron chi connectivity index (χ0n) is 16.0. The molecule has 3 aromatic rings. The highest BCUT2D eigenvalue weighted by atomic mass is 16.5. The second kappa shape index (κ2) is 8.71. The summed E-state index contributed by atoms with van der Waals surface area (Å²) in [6, 6.07) is 12.7. The number of methoxy groups -OCH3 is 1. The third-order valence-electron chi connectivity index (χ3n) is 4.73. The predicted molar refractivity (Wildman–Crippen MR) is 108 cm³/mol. The van der Waals surface area contributed by atoms with E-state index in [1.54, 1.807) is 25.3 Å². The Morgan fingerprint density at radius 2 is 1.89 bits per heavy atom. The number of amides is 1. The number of aliphatic hydroxyl groups excluding tert-OH is 1. The summed E-state index contributed by atoms with van der Waals surface area (Å²) in [5.41, 5.74) is 3.04. The van der Waals surface area contributed by atoms with Crippen molar-refractivity contribution in [2.45, 2.75) is 26.2 Å². The summed E-state index contributed by atoms with van der Waals surface area (Å²) < 4.78 is 10.6. The lowest BCUT2D eigenvalue weighted by Crippen LogP contribution is -2.16. The standard InChI is InChI=1S/C22H23NO5/c1-14-18-8-7-17(27-2)13-20(18)28-22(26)19(14)9-10-21(25)23-16-5-3-15(4-6-16)11-12-24/h3-8,13,24H,9-12H2,1-2H3,(H,23,25). The van der Waals surface area contributed by atoms with Gasteiger partial charge in [0.25, 0.3) is 0 Å². The van der Waals surface area contributed by atoms with Gasteiger partial charge in [0.15, 0.2) is 0 Å². The highest BCUT2D eigenvalue weighted by molar-refractivity contribution is 5.91. The van der Waals surface area contributed by atoms with Crippen LogP contribution in [0.15, 0.2) is 51.7 Å². The van der Waals surface area contributed by atoms with Crippen LogP contribution in [0.5, 0.6) is 5.75 Å². The highest BCUT2D eigenvalue weighted by Crippen LogP contribution is 2.24. The fourth-order valence-electron chi connectivity index (χ4n) is 3.14. The fourth-order valence-corrected chi connectivity index (χ4v) is 3.14. The van der Waals surface area contributed by atoms with Gasteiger partial charge in [0, 0.05) is 35.7 Å². The number of hydrogen-bond acceptors (Lipinski definition) is 5. The van der Waals surface area contributed by atoms with Crippen molar-refractivity contribution in [3.05, 3.63) is 69.6 Å². The SMILES string of the molecule is COc1ccc2c(C)c(CCC(=O)Nc3ccc(CCO)cc3)c(=O)oc2c1. The van der Waals surface area contributed by atoms with E-state index in [1.807, 2.05) is 31.2 Å². The Balaban J connectivity index is 1.70. The average Bonchev–Trinajstić information content (AvgIpc) is 2.69. The van der Waals surface area contributed by atoms with Crippen molar-refractivity contribution in [2.24, 2.45) is 0 Å². The topological polar surface area (TPSA) is 88.8 Å². The van der Waals surface area contributed by atoms with Gasteiger partial charge in [0.1, 0.15) is 11.3 Å². The Morgan fingerprint density at radius 1 is 1.14 bits per heavy atom. The number of carbonyl (C=O) groups excluding carboxylic acids is 1. The van der Waals surface area contributed by atoms with Gasteiger partial charge in [-0.15, -0.1) is 0 Å². The number of hydrogen-bond donors (Lipinski definition) is 2. The van der Waals surface area contributed by atoms with Crippen molar-refractivity contribution in [1.29, 1.82) is 0 Å². The van der Waals surface area contributed by atoms with Gasteiger partial charge >= 0.3 is 5.63 Å². The normalized spacial score (nSPS) is 10.8. The largest absolute Gasteiger partial charge is 0.497 e. The van der Waals surface area contributed by atoms with Crippen LogP contribution in [0.2, 0.25) is 0 Å². The molecular weight excluding hydrogens is 358 g/mol. The molecule has 0 saturated carbocycles. The lowest BCUT2D eigenvalue weighted by atomic mass is 10.0. The maximum Gasteiger partial charge on any atom is 0.339 e. The van der Waals surface area contributed by atoms with Crippen LogP contribution in [0.3, 0.4) is 0 Å². The van der Waals surface area contributed by atoms with Crippen LogP contribution in [-0.2, 0) is 17.6 Å². The minimum atomic E-state index is -0.431. The van der Waals surface area contributed by atoms with Crippen LogP contribution in [0.25, 0.3) is 11.0 Å². The quantitative estimate of drug-likeness (QED) is 0.614. The molecule has 1 aromatic heterocycles. The first-order valence-corrected chi connectivity index (χ1v) is 9.12. The number of anilines is 1. The molecule has 2 aromatic carbocycles. The van der Waals surface area contributed by atoms with Crippen LogP contribution in [0.1, 0.15) is 23.1 Å². The third-order valence-corrected chi connectivity index (χ3v) is 4.73. The van der Waals surface area contributed by atoms with Crippen molar-refractivity contribution >= 4 is 22.6 Å². The molecule has 0 aliphatic heterocycles. The van der Waals surface area contributed by atoms with Crippen LogP contribution in [-0.4, -0.2) is 24.7 Å². The monoisotopic (exact) mass is 381 g/mol. The Hall–Kier alpha value is -3.12. The molecule has 28 heavy (non-hydrogen) atoms. The van der Waals surface area contributed by atoms with Gasteiger partial charge in [0.05, 0.1) is 7.11 Å². The minimum Gasteiger partial charge on any atom is -0.497 e. The van der Waals surface area contributed by atoms with Gasteiger partial charge in [-0.1, -0.05) is 12.1 Å². The maximum absolute atomic E-state index is 12.4. The molecule has 0 bridgehead atoms. The van der Waals surface area contributed by atoms with E-state index >= 15 is 0 Å². The molecule has 0 radical (unpaired) electrons. The zero-order valence-corrected chi connectivity index (χ0v) is 16.0. The first-order chi connectivity index (χ1) is 13.5. The second-order valence-corrected chi connectivity index (χ2v) is 6.57. The number of carbonyl (C=O) groups is 1. The summed E-state index contributed by atoms with van der Waals surface area (Å²) in [5, 5.41) is 12.6. The molecule has 0 saturated heterocycles. The molecule has 6 nitrogen and oxygen atoms in total. The zero-order chi connectivity index (χ0) is 20.1. The number of aryl methyl sites for hydroxylation is 1. The van der Waals surface area contributed by atoms with Gasteiger partial charge < -0.3 is 19.6 Å². The Morgan fingerprint density at radius 3 is 2.57 bits per heavy atom. The molecule has 0 aliphatic carbocycles. The summed E-state index contributed by atoms with van der Waals surface area (Å²) in [6.07, 6.45) is 1.05. The summed E-state index contributed by atoms with van der Waals surface area (Å²) in [4.78, 5) is 24.6. The number of benzene rings is 2. The predicted octanol–water partition coefficient (Wildman–Crippen LogP) is 3.22. The van der Waals surface area contributed by atoms with E-state index < -0.39 is 5.63 Å². The number of rotatable bonds is 7. The average molecular weight is 381 g/mol. The molecule has 2 N–H and O–H groups in total. The van der Waals surface area contributed by atoms with Crippen molar-refractivity contribution in [3.8, 4) is 5.75 Å². The van der Waals surface area contributed by atoms with Crippen LogP contribution < -0.4 is 15.7 Å². The Kier molecular flexibility index (Phi) is 6.11. The Labute approximate surface area is 162 Å². The van der Waals surface area contributed by atoms with E-state index in [0.717, 1.165) is 16.5 Å². The van der Waals surface area contributed by atoms with Crippen molar-refractivity contribution < 1.29 is 19.1 Å². The lowest BCUT2D eigenvalue weighted by Gasteiger charge is -2.09. The highest BCUT2D eigenvalue weighted by Gasteiger charge is 2.14. The van der Waals surface area contributed by atoms with Crippen molar-refractivity contribution in [3.63, 3.8) is 0 Å². The van der Waals surface area contributed by atoms with E-state index in [-0.39, 0.29) is 18.9 Å². The Bertz CT molecular complexity index is 1040. The molecule has 0 spiro atoms. The number of ether oxygens (including phenoxy) is 1. The van der Waals surface area contributed by atoms with Crippen molar-refractivity contribution in [1.82, 2.24) is 0 Å². The van der Waals surface area contributed by atoms with Crippen LogP contribution >= 0.6 is 0 Å². The summed E-state index contributed by atoms with van der Waals surface area (Å²) in [7, 11) is 1.55. The van der Waals surface area contributed by atoms with E-state index in [1.165, 1.54) is 0 Å². The van der Waals surface area contributed by atoms with Gasteiger partial charge in [-0.2, -0.15) is 0 Å². The number of fused-ring (bicyclic) bond motifs is 1. The molecule has 1 heterocycles. The van der Waals surface area contributed by atoms with E-state index in [0.29, 0.717) is 35.4 Å². The smallest absolute Gasteiger partial charge is 0.339 e. The van der Waals surface area contributed by atoms with Crippen LogP contribution in [0, 0.1) is 6.92 Å². The van der Waals surface area contributed by atoms with Gasteiger partial charge in [0.2, 0.25) is 5.91 Å². The third kappa shape index (κ3) is 4.40. The van der Waals surface area contributed by atoms with E-state index in [2.05, 4.69) is 5.32 Å². The number of nitrogens with one attached hydrogen (secondary N) is 1. The van der Waals surface area contributed by atoms with Gasteiger partial charge in [-0.3, -0.25) is 4.79 Å². The lowest BCUT2D eigenvalue weighted by molar-refractivity contribution is -0.116. The summed E-state index contributed by atoms with van der Waals surface area (Å²) >= 11 is 0. The van der Waals surface area contributed by atoms with E-state index in [4.69, 9.17) is 14.3 Å². The van der Waals surface area contributed by atoms with Crippen LogP contribution in [0.4, 0.5) is 5.69 Å². The summed E-state index contributed by atoms with van der Waals surface area (Å²) in [6.45, 7) is 1.95. The molecular formula is C22H23NO5. The molecule has 3 rings (SSSR count).